The van der Waals surface area contributed by atoms with E-state index >= 15 is 0 Å². The Bertz CT molecular complexity index is 475. The molecule has 1 aromatic carbocycles. The Morgan fingerprint density at radius 1 is 1.47 bits per heavy atom. The minimum atomic E-state index is -0.879. The monoisotopic (exact) mass is 347 g/mol. The van der Waals surface area contributed by atoms with Gasteiger partial charge in [-0.1, -0.05) is 27.5 Å². The van der Waals surface area contributed by atoms with Crippen LogP contribution < -0.4 is 5.32 Å². The van der Waals surface area contributed by atoms with E-state index in [4.69, 9.17) is 16.3 Å². The number of rotatable bonds is 3. The van der Waals surface area contributed by atoms with Crippen LogP contribution in [0.1, 0.15) is 23.2 Å². The van der Waals surface area contributed by atoms with Crippen molar-refractivity contribution in [2.45, 2.75) is 18.4 Å². The smallest absolute Gasteiger partial charge is 0.252 e. The topological polar surface area (TPSA) is 58.6 Å². The lowest BCUT2D eigenvalue weighted by Crippen LogP contribution is -2.46. The quantitative estimate of drug-likeness (QED) is 0.882. The van der Waals surface area contributed by atoms with Gasteiger partial charge >= 0.3 is 0 Å². The molecule has 1 amide bonds. The fourth-order valence-corrected chi connectivity index (χ4v) is 2.70. The van der Waals surface area contributed by atoms with Gasteiger partial charge in [0, 0.05) is 37.1 Å². The molecule has 1 fully saturated rings. The summed E-state index contributed by atoms with van der Waals surface area (Å²) in [4.78, 5) is 12.0. The third-order valence-corrected chi connectivity index (χ3v) is 3.98. The van der Waals surface area contributed by atoms with E-state index in [9.17, 15) is 9.90 Å². The molecule has 2 N–H and O–H groups in total. The minimum Gasteiger partial charge on any atom is -0.388 e. The number of halogens is 2. The first kappa shape index (κ1) is 14.8. The maximum Gasteiger partial charge on any atom is 0.252 e. The number of aliphatic hydroxyl groups is 1. The van der Waals surface area contributed by atoms with Crippen LogP contribution in [0.2, 0.25) is 5.02 Å². The summed E-state index contributed by atoms with van der Waals surface area (Å²) in [7, 11) is 0. The Morgan fingerprint density at radius 3 is 2.79 bits per heavy atom. The lowest BCUT2D eigenvalue weighted by molar-refractivity contribution is -0.0605. The summed E-state index contributed by atoms with van der Waals surface area (Å²) in [5.74, 6) is -0.280. The number of hydrogen-bond acceptors (Lipinski definition) is 3. The van der Waals surface area contributed by atoms with Gasteiger partial charge in [-0.25, -0.2) is 0 Å². The van der Waals surface area contributed by atoms with Gasteiger partial charge in [0.05, 0.1) is 16.2 Å². The third kappa shape index (κ3) is 3.92. The molecular weight excluding hydrogens is 334 g/mol. The molecule has 104 valence electrons. The van der Waals surface area contributed by atoms with E-state index in [1.54, 1.807) is 18.2 Å². The second-order valence-electron chi connectivity index (χ2n) is 4.64. The van der Waals surface area contributed by atoms with Crippen LogP contribution in [0.5, 0.6) is 0 Å². The molecule has 1 aromatic rings. The van der Waals surface area contributed by atoms with E-state index in [1.807, 2.05) is 0 Å². The first-order valence-corrected chi connectivity index (χ1v) is 7.21. The van der Waals surface area contributed by atoms with E-state index < -0.39 is 5.60 Å². The Labute approximate surface area is 125 Å². The summed E-state index contributed by atoms with van der Waals surface area (Å²) in [5, 5.41) is 13.4. The van der Waals surface area contributed by atoms with Crippen LogP contribution in [0, 0.1) is 0 Å². The molecule has 1 heterocycles. The van der Waals surface area contributed by atoms with Crippen LogP contribution in [0.15, 0.2) is 22.7 Å². The summed E-state index contributed by atoms with van der Waals surface area (Å²) < 4.78 is 6.01. The van der Waals surface area contributed by atoms with Crippen molar-refractivity contribution in [3.8, 4) is 0 Å². The van der Waals surface area contributed by atoms with Gasteiger partial charge in [-0.15, -0.1) is 0 Å². The lowest BCUT2D eigenvalue weighted by Gasteiger charge is -2.32. The maximum absolute atomic E-state index is 12.0. The highest BCUT2D eigenvalue weighted by molar-refractivity contribution is 9.10. The van der Waals surface area contributed by atoms with Gasteiger partial charge in [0.2, 0.25) is 0 Å². The number of amides is 1. The molecule has 1 aliphatic rings. The van der Waals surface area contributed by atoms with Crippen molar-refractivity contribution in [2.75, 3.05) is 19.8 Å². The van der Waals surface area contributed by atoms with Crippen LogP contribution in [0.4, 0.5) is 0 Å². The van der Waals surface area contributed by atoms with Crippen molar-refractivity contribution in [1.82, 2.24) is 5.32 Å². The summed E-state index contributed by atoms with van der Waals surface area (Å²) in [5.41, 5.74) is -0.476. The third-order valence-electron chi connectivity index (χ3n) is 3.18. The molecular formula is C13H15BrClNO3. The highest BCUT2D eigenvalue weighted by Gasteiger charge is 2.30. The molecule has 19 heavy (non-hydrogen) atoms. The van der Waals surface area contributed by atoms with E-state index in [-0.39, 0.29) is 12.5 Å². The Hall–Kier alpha value is -0.620. The molecule has 0 spiro atoms. The van der Waals surface area contributed by atoms with E-state index in [0.29, 0.717) is 36.6 Å². The van der Waals surface area contributed by atoms with Crippen LogP contribution in [0.3, 0.4) is 0 Å². The number of hydrogen-bond donors (Lipinski definition) is 2. The molecule has 0 bridgehead atoms. The van der Waals surface area contributed by atoms with Crippen LogP contribution in [-0.2, 0) is 4.74 Å². The van der Waals surface area contributed by atoms with E-state index in [0.717, 1.165) is 4.47 Å². The van der Waals surface area contributed by atoms with Crippen LogP contribution in [-0.4, -0.2) is 36.4 Å². The molecule has 0 radical (unpaired) electrons. The molecule has 0 aliphatic carbocycles. The van der Waals surface area contributed by atoms with Crippen molar-refractivity contribution in [1.29, 1.82) is 0 Å². The fourth-order valence-electron chi connectivity index (χ4n) is 1.94. The van der Waals surface area contributed by atoms with Gasteiger partial charge in [-0.2, -0.15) is 0 Å². The number of carbonyl (C=O) groups is 1. The molecule has 1 saturated heterocycles. The van der Waals surface area contributed by atoms with Crippen molar-refractivity contribution in [3.63, 3.8) is 0 Å². The predicted octanol–water partition coefficient (Wildman–Crippen LogP) is 2.37. The highest BCUT2D eigenvalue weighted by Crippen LogP contribution is 2.22. The average Bonchev–Trinajstić information content (AvgIpc) is 2.37. The molecule has 0 unspecified atom stereocenters. The lowest BCUT2D eigenvalue weighted by atomic mass is 9.94. The Morgan fingerprint density at radius 2 is 2.16 bits per heavy atom. The molecule has 6 heteroatoms. The minimum absolute atomic E-state index is 0.210. The molecule has 0 saturated carbocycles. The van der Waals surface area contributed by atoms with Gasteiger partial charge in [0.15, 0.2) is 0 Å². The molecule has 4 nitrogen and oxygen atoms in total. The van der Waals surface area contributed by atoms with Gasteiger partial charge in [-0.05, 0) is 18.2 Å². The molecule has 0 atom stereocenters. The standard InChI is InChI=1S/C13H15BrClNO3/c14-9-1-2-10(11(15)7-9)12(17)16-8-13(18)3-5-19-6-4-13/h1-2,7,18H,3-6,8H2,(H,16,17). The van der Waals surface area contributed by atoms with Gasteiger partial charge < -0.3 is 15.2 Å². The Kier molecular flexibility index (Phi) is 4.84. The molecule has 2 rings (SSSR count). The number of benzene rings is 1. The number of ether oxygens (including phenoxy) is 1. The number of nitrogens with one attached hydrogen (secondary N) is 1. The molecule has 0 aromatic heterocycles. The van der Waals surface area contributed by atoms with Crippen molar-refractivity contribution < 1.29 is 14.6 Å². The zero-order chi connectivity index (χ0) is 13.9. The van der Waals surface area contributed by atoms with Crippen LogP contribution in [0.25, 0.3) is 0 Å². The van der Waals surface area contributed by atoms with E-state index in [1.165, 1.54) is 0 Å². The van der Waals surface area contributed by atoms with Crippen molar-refractivity contribution >= 4 is 33.4 Å². The maximum atomic E-state index is 12.0. The average molecular weight is 349 g/mol. The zero-order valence-corrected chi connectivity index (χ0v) is 12.6. The first-order chi connectivity index (χ1) is 9.00. The number of carbonyl (C=O) groups excluding carboxylic acids is 1. The summed E-state index contributed by atoms with van der Waals surface area (Å²) >= 11 is 9.29. The fraction of sp³-hybridized carbons (Fsp3) is 0.462. The van der Waals surface area contributed by atoms with Gasteiger partial charge in [-0.3, -0.25) is 4.79 Å². The van der Waals surface area contributed by atoms with Crippen LogP contribution >= 0.6 is 27.5 Å². The SMILES string of the molecule is O=C(NCC1(O)CCOCC1)c1ccc(Br)cc1Cl. The van der Waals surface area contributed by atoms with Gasteiger partial charge in [0.25, 0.3) is 5.91 Å². The summed E-state index contributed by atoms with van der Waals surface area (Å²) in [6, 6.07) is 5.07. The molecule has 1 aliphatic heterocycles. The Balaban J connectivity index is 1.97. The first-order valence-electron chi connectivity index (χ1n) is 6.04. The largest absolute Gasteiger partial charge is 0.388 e. The summed E-state index contributed by atoms with van der Waals surface area (Å²) in [6.07, 6.45) is 1.06. The normalized spacial score (nSPS) is 18.1. The van der Waals surface area contributed by atoms with E-state index in [2.05, 4.69) is 21.2 Å². The second-order valence-corrected chi connectivity index (χ2v) is 5.97. The summed E-state index contributed by atoms with van der Waals surface area (Å²) in [6.45, 7) is 1.25. The van der Waals surface area contributed by atoms with Crippen molar-refractivity contribution in [2.24, 2.45) is 0 Å². The highest BCUT2D eigenvalue weighted by atomic mass is 79.9. The second kappa shape index (κ2) is 6.22. The zero-order valence-electron chi connectivity index (χ0n) is 10.3. The van der Waals surface area contributed by atoms with Crippen molar-refractivity contribution in [3.05, 3.63) is 33.3 Å². The predicted molar refractivity (Wildman–Crippen MR) is 76.5 cm³/mol. The van der Waals surface area contributed by atoms with Gasteiger partial charge in [0.1, 0.15) is 0 Å².